The number of methoxy groups -OCH3 is 1. The van der Waals surface area contributed by atoms with E-state index >= 15 is 0 Å². The maximum absolute atomic E-state index is 12.8. The average molecular weight is 411 g/mol. The number of hydrogen-bond acceptors (Lipinski definition) is 5. The van der Waals surface area contributed by atoms with Gasteiger partial charge in [0.25, 0.3) is 0 Å². The van der Waals surface area contributed by atoms with Crippen molar-refractivity contribution in [3.8, 4) is 5.75 Å². The molecule has 2 heterocycles. The van der Waals surface area contributed by atoms with Gasteiger partial charge >= 0.3 is 0 Å². The number of rotatable bonds is 6. The summed E-state index contributed by atoms with van der Waals surface area (Å²) < 4.78 is 7.65. The van der Waals surface area contributed by atoms with Crippen LogP contribution in [0.3, 0.4) is 0 Å². The number of carbonyl (C=O) groups excluding carboxylic acids is 1. The predicted octanol–water partition coefficient (Wildman–Crippen LogP) is 3.51. The average Bonchev–Trinajstić information content (AvgIpc) is 3.15. The highest BCUT2D eigenvalue weighted by Crippen LogP contribution is 2.29. The summed E-state index contributed by atoms with van der Waals surface area (Å²) in [5.74, 6) is 1.46. The fourth-order valence-electron chi connectivity index (χ4n) is 3.77. The van der Waals surface area contributed by atoms with Gasteiger partial charge in [0.2, 0.25) is 5.91 Å². The number of imidazole rings is 1. The molecule has 3 aromatic rings. The molecule has 0 radical (unpaired) electrons. The number of carbonyl (C=O) groups is 1. The van der Waals surface area contributed by atoms with Gasteiger partial charge in [0.1, 0.15) is 5.75 Å². The van der Waals surface area contributed by atoms with E-state index in [1.54, 1.807) is 7.11 Å². The van der Waals surface area contributed by atoms with Crippen LogP contribution < -0.4 is 9.64 Å². The van der Waals surface area contributed by atoms with Crippen LogP contribution in [-0.4, -0.2) is 59.4 Å². The van der Waals surface area contributed by atoms with Crippen LogP contribution in [0.5, 0.6) is 5.75 Å². The van der Waals surface area contributed by atoms with E-state index in [1.165, 1.54) is 11.8 Å². The standard InChI is InChI=1S/C22H26N4O2S/c1-3-26-18-9-5-4-8-17(18)23-22(26)29-16-21(27)25-14-12-24(13-15-25)19-10-6-7-11-20(19)28-2/h4-11H,3,12-16H2,1-2H3. The Morgan fingerprint density at radius 2 is 1.79 bits per heavy atom. The van der Waals surface area contributed by atoms with Crippen molar-refractivity contribution in [1.29, 1.82) is 0 Å². The molecule has 0 N–H and O–H groups in total. The van der Waals surface area contributed by atoms with E-state index in [9.17, 15) is 4.79 Å². The minimum atomic E-state index is 0.171. The molecule has 1 amide bonds. The van der Waals surface area contributed by atoms with Crippen LogP contribution in [0.25, 0.3) is 11.0 Å². The van der Waals surface area contributed by atoms with Crippen molar-refractivity contribution in [3.05, 3.63) is 48.5 Å². The van der Waals surface area contributed by atoms with Crippen molar-refractivity contribution in [3.63, 3.8) is 0 Å². The van der Waals surface area contributed by atoms with Gasteiger partial charge in [0.15, 0.2) is 5.16 Å². The zero-order valence-corrected chi connectivity index (χ0v) is 17.7. The highest BCUT2D eigenvalue weighted by atomic mass is 32.2. The topological polar surface area (TPSA) is 50.6 Å². The zero-order valence-electron chi connectivity index (χ0n) is 16.9. The van der Waals surface area contributed by atoms with E-state index in [2.05, 4.69) is 28.5 Å². The van der Waals surface area contributed by atoms with Gasteiger partial charge in [-0.3, -0.25) is 4.79 Å². The van der Waals surface area contributed by atoms with Crippen LogP contribution in [0.1, 0.15) is 6.92 Å². The van der Waals surface area contributed by atoms with Crippen LogP contribution in [-0.2, 0) is 11.3 Å². The van der Waals surface area contributed by atoms with E-state index in [0.717, 1.165) is 60.4 Å². The summed E-state index contributed by atoms with van der Waals surface area (Å²) in [6, 6.07) is 16.2. The molecule has 29 heavy (non-hydrogen) atoms. The number of piperazine rings is 1. The molecule has 4 rings (SSSR count). The summed E-state index contributed by atoms with van der Waals surface area (Å²) in [6.07, 6.45) is 0. The third kappa shape index (κ3) is 4.05. The Morgan fingerprint density at radius 1 is 1.07 bits per heavy atom. The van der Waals surface area contributed by atoms with Crippen molar-refractivity contribution in [2.75, 3.05) is 43.9 Å². The quantitative estimate of drug-likeness (QED) is 0.582. The lowest BCUT2D eigenvalue weighted by atomic mass is 10.2. The smallest absolute Gasteiger partial charge is 0.233 e. The van der Waals surface area contributed by atoms with Gasteiger partial charge in [-0.2, -0.15) is 0 Å². The summed E-state index contributed by atoms with van der Waals surface area (Å²) in [7, 11) is 1.69. The van der Waals surface area contributed by atoms with Gasteiger partial charge in [-0.1, -0.05) is 36.0 Å². The maximum Gasteiger partial charge on any atom is 0.233 e. The van der Waals surface area contributed by atoms with E-state index in [1.807, 2.05) is 41.3 Å². The summed E-state index contributed by atoms with van der Waals surface area (Å²) in [5, 5.41) is 0.912. The van der Waals surface area contributed by atoms with E-state index in [0.29, 0.717) is 5.75 Å². The third-order valence-corrected chi connectivity index (χ3v) is 6.28. The van der Waals surface area contributed by atoms with Crippen molar-refractivity contribution in [1.82, 2.24) is 14.5 Å². The van der Waals surface area contributed by atoms with Crippen LogP contribution in [0.2, 0.25) is 0 Å². The molecule has 0 saturated carbocycles. The van der Waals surface area contributed by atoms with Crippen molar-refractivity contribution >= 4 is 34.4 Å². The molecule has 0 unspecified atom stereocenters. The SMILES string of the molecule is CCn1c(SCC(=O)N2CCN(c3ccccc3OC)CC2)nc2ccccc21. The van der Waals surface area contributed by atoms with Gasteiger partial charge in [-0.25, -0.2) is 4.98 Å². The number of anilines is 1. The molecule has 1 aliphatic rings. The molecule has 1 aliphatic heterocycles. The molecule has 7 heteroatoms. The number of ether oxygens (including phenoxy) is 1. The first-order valence-electron chi connectivity index (χ1n) is 9.95. The number of thioether (sulfide) groups is 1. The number of amides is 1. The summed E-state index contributed by atoms with van der Waals surface area (Å²) in [5.41, 5.74) is 3.19. The third-order valence-electron chi connectivity index (χ3n) is 5.32. The van der Waals surface area contributed by atoms with Crippen molar-refractivity contribution < 1.29 is 9.53 Å². The first kappa shape index (κ1) is 19.6. The van der Waals surface area contributed by atoms with Gasteiger partial charge in [0, 0.05) is 32.7 Å². The van der Waals surface area contributed by atoms with Crippen molar-refractivity contribution in [2.45, 2.75) is 18.6 Å². The monoisotopic (exact) mass is 410 g/mol. The Hall–Kier alpha value is -2.67. The van der Waals surface area contributed by atoms with Crippen LogP contribution in [0.4, 0.5) is 5.69 Å². The highest BCUT2D eigenvalue weighted by Gasteiger charge is 2.23. The molecule has 1 aromatic heterocycles. The minimum absolute atomic E-state index is 0.171. The molecule has 0 aliphatic carbocycles. The van der Waals surface area contributed by atoms with Crippen LogP contribution in [0, 0.1) is 0 Å². The number of aryl methyl sites for hydroxylation is 1. The fraction of sp³-hybridized carbons (Fsp3) is 0.364. The van der Waals surface area contributed by atoms with Gasteiger partial charge in [-0.15, -0.1) is 0 Å². The molecule has 0 atom stereocenters. The van der Waals surface area contributed by atoms with Crippen LogP contribution >= 0.6 is 11.8 Å². The number of para-hydroxylation sites is 4. The second-order valence-electron chi connectivity index (χ2n) is 6.96. The molecule has 2 aromatic carbocycles. The van der Waals surface area contributed by atoms with Gasteiger partial charge < -0.3 is 19.1 Å². The summed E-state index contributed by atoms with van der Waals surface area (Å²) >= 11 is 1.53. The normalized spacial score (nSPS) is 14.4. The number of benzene rings is 2. The van der Waals surface area contributed by atoms with E-state index < -0.39 is 0 Å². The Labute approximate surface area is 175 Å². The maximum atomic E-state index is 12.8. The fourth-order valence-corrected chi connectivity index (χ4v) is 4.76. The molecule has 1 fully saturated rings. The first-order valence-corrected chi connectivity index (χ1v) is 10.9. The van der Waals surface area contributed by atoms with Gasteiger partial charge in [0.05, 0.1) is 29.6 Å². The Balaban J connectivity index is 1.36. The Kier molecular flexibility index (Phi) is 5.94. The summed E-state index contributed by atoms with van der Waals surface area (Å²) in [6.45, 7) is 6.02. The molecule has 6 nitrogen and oxygen atoms in total. The lowest BCUT2D eigenvalue weighted by molar-refractivity contribution is -0.128. The molecular formula is C22H26N4O2S. The molecule has 152 valence electrons. The predicted molar refractivity (Wildman–Crippen MR) is 118 cm³/mol. The molecule has 1 saturated heterocycles. The molecule has 0 spiro atoms. The zero-order chi connectivity index (χ0) is 20.2. The first-order chi connectivity index (χ1) is 14.2. The van der Waals surface area contributed by atoms with Gasteiger partial charge in [-0.05, 0) is 31.2 Å². The van der Waals surface area contributed by atoms with Crippen molar-refractivity contribution in [2.24, 2.45) is 0 Å². The largest absolute Gasteiger partial charge is 0.495 e. The number of hydrogen-bond donors (Lipinski definition) is 0. The highest BCUT2D eigenvalue weighted by molar-refractivity contribution is 7.99. The second-order valence-corrected chi connectivity index (χ2v) is 7.90. The minimum Gasteiger partial charge on any atom is -0.495 e. The Morgan fingerprint density at radius 3 is 2.55 bits per heavy atom. The Bertz CT molecular complexity index is 995. The van der Waals surface area contributed by atoms with E-state index in [4.69, 9.17) is 9.72 Å². The lowest BCUT2D eigenvalue weighted by Gasteiger charge is -2.36. The lowest BCUT2D eigenvalue weighted by Crippen LogP contribution is -2.49. The molecular weight excluding hydrogens is 384 g/mol. The number of nitrogens with zero attached hydrogens (tertiary/aromatic N) is 4. The second kappa shape index (κ2) is 8.78. The molecule has 0 bridgehead atoms. The van der Waals surface area contributed by atoms with Crippen LogP contribution in [0.15, 0.2) is 53.7 Å². The van der Waals surface area contributed by atoms with E-state index in [-0.39, 0.29) is 5.91 Å². The number of aromatic nitrogens is 2. The summed E-state index contributed by atoms with van der Waals surface area (Å²) in [4.78, 5) is 21.7. The number of fused-ring (bicyclic) bond motifs is 1.